The van der Waals surface area contributed by atoms with Gasteiger partial charge in [-0.05, 0) is 49.4 Å². The van der Waals surface area contributed by atoms with Gasteiger partial charge in [-0.1, -0.05) is 49.4 Å². The Balaban J connectivity index is 1.48. The van der Waals surface area contributed by atoms with Crippen molar-refractivity contribution in [2.75, 3.05) is 13.1 Å². The molecule has 31 heavy (non-hydrogen) atoms. The summed E-state index contributed by atoms with van der Waals surface area (Å²) in [5.74, 6) is -1.05. The summed E-state index contributed by atoms with van der Waals surface area (Å²) in [6.45, 7) is 11.3. The molecule has 1 N–H and O–H groups in total. The second-order valence-corrected chi connectivity index (χ2v) is 9.17. The Morgan fingerprint density at radius 1 is 1.10 bits per heavy atom. The van der Waals surface area contributed by atoms with Gasteiger partial charge >= 0.3 is 5.97 Å². The van der Waals surface area contributed by atoms with Crippen LogP contribution in [0.15, 0.2) is 54.6 Å². The summed E-state index contributed by atoms with van der Waals surface area (Å²) in [6.07, 6.45) is 3.74. The molecule has 4 nitrogen and oxygen atoms in total. The van der Waals surface area contributed by atoms with Crippen molar-refractivity contribution in [3.63, 3.8) is 0 Å². The zero-order valence-electron chi connectivity index (χ0n) is 17.9. The number of hydrogen-bond acceptors (Lipinski definition) is 2. The lowest BCUT2D eigenvalue weighted by molar-refractivity contribution is -0.149. The van der Waals surface area contributed by atoms with E-state index in [1.807, 2.05) is 43.3 Å². The molecule has 0 aromatic heterocycles. The molecule has 162 valence electrons. The van der Waals surface area contributed by atoms with Crippen molar-refractivity contribution < 1.29 is 14.3 Å². The smallest absolute Gasteiger partial charge is 0.314 e. The van der Waals surface area contributed by atoms with Gasteiger partial charge in [0, 0.05) is 31.0 Å². The fraction of sp³-hybridized carbons (Fsp3) is 0.462. The summed E-state index contributed by atoms with van der Waals surface area (Å²) in [5.41, 5.74) is 0.168. The summed E-state index contributed by atoms with van der Waals surface area (Å²) in [6, 6.07) is 16.4. The third kappa shape index (κ3) is 3.74. The number of carboxylic acid groups (broad SMARTS) is 1. The van der Waals surface area contributed by atoms with Gasteiger partial charge in [-0.2, -0.15) is 0 Å². The van der Waals surface area contributed by atoms with Crippen LogP contribution in [0.25, 0.3) is 4.85 Å². The molecule has 2 fully saturated rings. The predicted molar refractivity (Wildman–Crippen MR) is 118 cm³/mol. The first-order valence-electron chi connectivity index (χ1n) is 11.1. The Hall–Kier alpha value is -2.71. The van der Waals surface area contributed by atoms with Crippen LogP contribution in [0.5, 0.6) is 0 Å². The molecule has 2 aromatic carbocycles. The lowest BCUT2D eigenvalue weighted by Gasteiger charge is -2.48. The standard InChI is InChI=1S/C26H29FN2O2/c1-19-18-29(16-15-26(19,24(30)31)20-7-4-3-5-8-20)23-11-13-25(28-2,14-12-23)21-9-6-10-22(27)17-21/h3-10,17,19,23H,11-16,18H2,1H3,(H,30,31)/t19-,23?,25?,26-/m1/s1. The van der Waals surface area contributed by atoms with Gasteiger partial charge in [-0.3, -0.25) is 4.79 Å². The summed E-state index contributed by atoms with van der Waals surface area (Å²) >= 11 is 0. The van der Waals surface area contributed by atoms with Crippen molar-refractivity contribution in [1.29, 1.82) is 0 Å². The van der Waals surface area contributed by atoms with E-state index in [0.29, 0.717) is 25.3 Å². The van der Waals surface area contributed by atoms with Crippen molar-refractivity contribution >= 4 is 5.97 Å². The highest BCUT2D eigenvalue weighted by Crippen LogP contribution is 2.45. The second kappa shape index (κ2) is 8.43. The predicted octanol–water partition coefficient (Wildman–Crippen LogP) is 5.25. The number of nitrogens with zero attached hydrogens (tertiary/aromatic N) is 2. The minimum Gasteiger partial charge on any atom is -0.481 e. The van der Waals surface area contributed by atoms with E-state index in [-0.39, 0.29) is 11.7 Å². The number of hydrogen-bond donors (Lipinski definition) is 1. The molecule has 2 aromatic rings. The number of likely N-dealkylation sites (tertiary alicyclic amines) is 1. The monoisotopic (exact) mass is 420 g/mol. The van der Waals surface area contributed by atoms with E-state index in [4.69, 9.17) is 6.57 Å². The number of carboxylic acids is 1. The van der Waals surface area contributed by atoms with Gasteiger partial charge in [-0.15, -0.1) is 0 Å². The molecule has 2 aliphatic rings. The fourth-order valence-corrected chi connectivity index (χ4v) is 5.79. The SMILES string of the molecule is [C-]#[N+]C1(c2cccc(F)c2)CCC(N2CC[C@](C(=O)O)(c3ccccc3)[C@H](C)C2)CC1. The molecule has 1 saturated heterocycles. The van der Waals surface area contributed by atoms with Gasteiger partial charge in [0.15, 0.2) is 0 Å². The molecule has 0 unspecified atom stereocenters. The van der Waals surface area contributed by atoms with E-state index >= 15 is 0 Å². The summed E-state index contributed by atoms with van der Waals surface area (Å²) in [5, 5.41) is 10.2. The summed E-state index contributed by atoms with van der Waals surface area (Å²) < 4.78 is 13.8. The highest BCUT2D eigenvalue weighted by atomic mass is 19.1. The number of aliphatic carboxylic acids is 1. The van der Waals surface area contributed by atoms with Gasteiger partial charge in [0.2, 0.25) is 0 Å². The normalized spacial score (nSPS) is 31.6. The maximum atomic E-state index is 13.8. The molecule has 1 aliphatic carbocycles. The molecule has 0 spiro atoms. The van der Waals surface area contributed by atoms with Crippen LogP contribution in [-0.2, 0) is 15.7 Å². The van der Waals surface area contributed by atoms with Crippen molar-refractivity contribution in [2.24, 2.45) is 5.92 Å². The van der Waals surface area contributed by atoms with Gasteiger partial charge in [0.05, 0.1) is 5.41 Å². The van der Waals surface area contributed by atoms with Gasteiger partial charge in [-0.25, -0.2) is 11.0 Å². The zero-order valence-corrected chi connectivity index (χ0v) is 17.9. The lowest BCUT2D eigenvalue weighted by atomic mass is 9.65. The Kier molecular flexibility index (Phi) is 5.85. The molecule has 2 atom stereocenters. The summed E-state index contributed by atoms with van der Waals surface area (Å²) in [4.78, 5) is 18.8. The molecule has 0 amide bonds. The Bertz CT molecular complexity index is 978. The van der Waals surface area contributed by atoms with E-state index < -0.39 is 16.9 Å². The minimum atomic E-state index is -0.853. The van der Waals surface area contributed by atoms with Crippen molar-refractivity contribution in [2.45, 2.75) is 56.0 Å². The highest BCUT2D eigenvalue weighted by Gasteiger charge is 2.50. The van der Waals surface area contributed by atoms with Crippen LogP contribution in [0.3, 0.4) is 0 Å². The van der Waals surface area contributed by atoms with Crippen LogP contribution in [0, 0.1) is 18.3 Å². The topological polar surface area (TPSA) is 44.9 Å². The number of rotatable bonds is 4. The molecule has 1 heterocycles. The Morgan fingerprint density at radius 2 is 1.77 bits per heavy atom. The molecule has 1 aliphatic heterocycles. The zero-order chi connectivity index (χ0) is 22.1. The summed E-state index contributed by atoms with van der Waals surface area (Å²) in [7, 11) is 0. The number of halogens is 1. The van der Waals surface area contributed by atoms with Gasteiger partial charge in [0.1, 0.15) is 5.82 Å². The molecular weight excluding hydrogens is 391 g/mol. The average molecular weight is 421 g/mol. The van der Waals surface area contributed by atoms with Gasteiger partial charge < -0.3 is 14.9 Å². The second-order valence-electron chi connectivity index (χ2n) is 9.17. The van der Waals surface area contributed by atoms with Crippen LogP contribution >= 0.6 is 0 Å². The first-order chi connectivity index (χ1) is 14.9. The van der Waals surface area contributed by atoms with E-state index in [1.165, 1.54) is 12.1 Å². The van der Waals surface area contributed by atoms with Crippen LogP contribution in [0.4, 0.5) is 4.39 Å². The third-order valence-electron chi connectivity index (χ3n) is 7.69. The fourth-order valence-electron chi connectivity index (χ4n) is 5.79. The van der Waals surface area contributed by atoms with E-state index in [1.54, 1.807) is 6.07 Å². The first kappa shape index (κ1) is 21.5. The molecular formula is C26H29FN2O2. The quantitative estimate of drug-likeness (QED) is 0.688. The number of carbonyl (C=O) groups is 1. The lowest BCUT2D eigenvalue weighted by Crippen LogP contribution is -2.56. The number of benzene rings is 2. The molecule has 0 radical (unpaired) electrons. The highest BCUT2D eigenvalue weighted by molar-refractivity contribution is 5.82. The van der Waals surface area contributed by atoms with Gasteiger partial charge in [0.25, 0.3) is 5.54 Å². The first-order valence-corrected chi connectivity index (χ1v) is 11.1. The third-order valence-corrected chi connectivity index (χ3v) is 7.69. The molecule has 4 rings (SSSR count). The maximum absolute atomic E-state index is 13.8. The van der Waals surface area contributed by atoms with Crippen LogP contribution < -0.4 is 0 Å². The van der Waals surface area contributed by atoms with Crippen molar-refractivity contribution in [3.05, 3.63) is 83.0 Å². The van der Waals surface area contributed by atoms with E-state index in [0.717, 1.165) is 37.1 Å². The van der Waals surface area contributed by atoms with Crippen LogP contribution in [0.1, 0.15) is 50.2 Å². The molecule has 1 saturated carbocycles. The van der Waals surface area contributed by atoms with Crippen molar-refractivity contribution in [1.82, 2.24) is 4.90 Å². The average Bonchev–Trinajstić information content (AvgIpc) is 2.79. The van der Waals surface area contributed by atoms with E-state index in [9.17, 15) is 14.3 Å². The Morgan fingerprint density at radius 3 is 2.35 bits per heavy atom. The van der Waals surface area contributed by atoms with Crippen molar-refractivity contribution in [3.8, 4) is 0 Å². The minimum absolute atomic E-state index is 0.0167. The largest absolute Gasteiger partial charge is 0.481 e. The number of piperidine rings is 1. The molecule has 0 bridgehead atoms. The Labute approximate surface area is 183 Å². The van der Waals surface area contributed by atoms with Crippen LogP contribution in [0.2, 0.25) is 0 Å². The van der Waals surface area contributed by atoms with E-state index in [2.05, 4.69) is 9.74 Å². The van der Waals surface area contributed by atoms with Crippen LogP contribution in [-0.4, -0.2) is 35.1 Å². The molecule has 5 heteroatoms. The maximum Gasteiger partial charge on any atom is 0.314 e.